The summed E-state index contributed by atoms with van der Waals surface area (Å²) >= 11 is 0. The first-order valence-electron chi connectivity index (χ1n) is 8.16. The van der Waals surface area contributed by atoms with E-state index in [0.717, 1.165) is 11.5 Å². The van der Waals surface area contributed by atoms with Gasteiger partial charge in [-0.1, -0.05) is 37.1 Å². The van der Waals surface area contributed by atoms with Crippen LogP contribution in [0.1, 0.15) is 43.7 Å². The van der Waals surface area contributed by atoms with E-state index in [4.69, 9.17) is 9.47 Å². The van der Waals surface area contributed by atoms with Crippen LogP contribution in [0.5, 0.6) is 11.5 Å². The molecule has 22 heavy (non-hydrogen) atoms. The second-order valence-electron chi connectivity index (χ2n) is 5.98. The number of hydrogen-bond acceptors (Lipinski definition) is 2. The molecule has 0 saturated heterocycles. The molecule has 2 heteroatoms. The maximum Gasteiger partial charge on any atom is 0.119 e. The van der Waals surface area contributed by atoms with Crippen molar-refractivity contribution in [3.8, 4) is 11.5 Å². The van der Waals surface area contributed by atoms with Crippen LogP contribution < -0.4 is 9.47 Å². The molecule has 2 nitrogen and oxygen atoms in total. The smallest absolute Gasteiger partial charge is 0.119 e. The molecule has 0 radical (unpaired) electrons. The van der Waals surface area contributed by atoms with Gasteiger partial charge in [0.15, 0.2) is 0 Å². The minimum absolute atomic E-state index is 0.124. The summed E-state index contributed by atoms with van der Waals surface area (Å²) in [4.78, 5) is 0. The monoisotopic (exact) mass is 296 g/mol. The SMILES string of the molecule is CCOc1cccc(C2(c3ccc(OC)cc3)CCCC2)c1. The van der Waals surface area contributed by atoms with Crippen LogP contribution in [-0.2, 0) is 5.41 Å². The van der Waals surface area contributed by atoms with E-state index >= 15 is 0 Å². The van der Waals surface area contributed by atoms with Crippen molar-refractivity contribution in [1.82, 2.24) is 0 Å². The molecule has 1 aliphatic carbocycles. The van der Waals surface area contributed by atoms with Gasteiger partial charge in [0.25, 0.3) is 0 Å². The largest absolute Gasteiger partial charge is 0.497 e. The molecular formula is C20H24O2. The Hall–Kier alpha value is -1.96. The molecule has 1 fully saturated rings. The normalized spacial score (nSPS) is 16.5. The summed E-state index contributed by atoms with van der Waals surface area (Å²) < 4.78 is 11.0. The summed E-state index contributed by atoms with van der Waals surface area (Å²) in [6.45, 7) is 2.74. The molecule has 0 heterocycles. The minimum Gasteiger partial charge on any atom is -0.497 e. The molecule has 0 aromatic heterocycles. The Morgan fingerprint density at radius 3 is 2.27 bits per heavy atom. The summed E-state index contributed by atoms with van der Waals surface area (Å²) in [5.41, 5.74) is 2.89. The molecule has 116 valence electrons. The van der Waals surface area contributed by atoms with E-state index in [9.17, 15) is 0 Å². The summed E-state index contributed by atoms with van der Waals surface area (Å²) in [5, 5.41) is 0. The van der Waals surface area contributed by atoms with Gasteiger partial charge in [-0.15, -0.1) is 0 Å². The second kappa shape index (κ2) is 6.43. The number of hydrogen-bond donors (Lipinski definition) is 0. The van der Waals surface area contributed by atoms with Crippen molar-refractivity contribution < 1.29 is 9.47 Å². The standard InChI is InChI=1S/C20H24O2/c1-3-22-19-8-6-7-17(15-19)20(13-4-5-14-20)16-9-11-18(21-2)12-10-16/h6-12,15H,3-5,13-14H2,1-2H3. The Morgan fingerprint density at radius 1 is 0.909 bits per heavy atom. The maximum absolute atomic E-state index is 5.70. The summed E-state index contributed by atoms with van der Waals surface area (Å²) in [5.74, 6) is 1.89. The lowest BCUT2D eigenvalue weighted by atomic mass is 9.73. The van der Waals surface area contributed by atoms with Crippen LogP contribution in [0.2, 0.25) is 0 Å². The van der Waals surface area contributed by atoms with Gasteiger partial charge < -0.3 is 9.47 Å². The molecule has 0 unspecified atom stereocenters. The molecule has 2 aromatic rings. The number of methoxy groups -OCH3 is 1. The zero-order chi connectivity index (χ0) is 15.4. The molecule has 2 aromatic carbocycles. The lowest BCUT2D eigenvalue weighted by Crippen LogP contribution is -2.23. The van der Waals surface area contributed by atoms with E-state index in [1.807, 2.05) is 13.0 Å². The molecule has 3 rings (SSSR count). The van der Waals surface area contributed by atoms with E-state index in [1.54, 1.807) is 7.11 Å². The zero-order valence-corrected chi connectivity index (χ0v) is 13.5. The lowest BCUT2D eigenvalue weighted by Gasteiger charge is -2.31. The fraction of sp³-hybridized carbons (Fsp3) is 0.400. The summed E-state index contributed by atoms with van der Waals surface area (Å²) in [6.07, 6.45) is 4.97. The van der Waals surface area contributed by atoms with Crippen LogP contribution in [0.4, 0.5) is 0 Å². The lowest BCUT2D eigenvalue weighted by molar-refractivity contribution is 0.339. The van der Waals surface area contributed by atoms with E-state index in [2.05, 4.69) is 42.5 Å². The van der Waals surface area contributed by atoms with Crippen LogP contribution >= 0.6 is 0 Å². The van der Waals surface area contributed by atoms with E-state index in [0.29, 0.717) is 6.61 Å². The highest BCUT2D eigenvalue weighted by Gasteiger charge is 2.37. The van der Waals surface area contributed by atoms with E-state index in [1.165, 1.54) is 36.8 Å². The van der Waals surface area contributed by atoms with Gasteiger partial charge in [-0.05, 0) is 55.2 Å². The topological polar surface area (TPSA) is 18.5 Å². The third-order valence-electron chi connectivity index (χ3n) is 4.80. The van der Waals surface area contributed by atoms with Crippen LogP contribution in [-0.4, -0.2) is 13.7 Å². The van der Waals surface area contributed by atoms with Crippen LogP contribution in [0, 0.1) is 0 Å². The van der Waals surface area contributed by atoms with Crippen molar-refractivity contribution in [2.24, 2.45) is 0 Å². The second-order valence-corrected chi connectivity index (χ2v) is 5.98. The van der Waals surface area contributed by atoms with Crippen LogP contribution in [0.15, 0.2) is 48.5 Å². The molecule has 0 aliphatic heterocycles. The Labute approximate surface area is 133 Å². The van der Waals surface area contributed by atoms with Crippen LogP contribution in [0.3, 0.4) is 0 Å². The third kappa shape index (κ3) is 2.70. The zero-order valence-electron chi connectivity index (χ0n) is 13.5. The average Bonchev–Trinajstić information content (AvgIpc) is 3.06. The van der Waals surface area contributed by atoms with Gasteiger partial charge in [0, 0.05) is 5.41 Å². The predicted molar refractivity (Wildman–Crippen MR) is 89.9 cm³/mol. The third-order valence-corrected chi connectivity index (χ3v) is 4.80. The average molecular weight is 296 g/mol. The molecule has 0 amide bonds. The summed E-state index contributed by atoms with van der Waals surface area (Å²) in [7, 11) is 1.71. The Bertz CT molecular complexity index is 610. The predicted octanol–water partition coefficient (Wildman–Crippen LogP) is 4.95. The fourth-order valence-corrected chi connectivity index (χ4v) is 3.68. The van der Waals surface area contributed by atoms with Gasteiger partial charge in [0.2, 0.25) is 0 Å². The first-order chi connectivity index (χ1) is 10.8. The number of ether oxygens (including phenoxy) is 2. The Kier molecular flexibility index (Phi) is 4.37. The van der Waals surface area contributed by atoms with Crippen LogP contribution in [0.25, 0.3) is 0 Å². The van der Waals surface area contributed by atoms with Gasteiger partial charge in [0.1, 0.15) is 11.5 Å². The van der Waals surface area contributed by atoms with Crippen molar-refractivity contribution in [3.63, 3.8) is 0 Å². The molecule has 0 N–H and O–H groups in total. The molecule has 0 atom stereocenters. The van der Waals surface area contributed by atoms with E-state index in [-0.39, 0.29) is 5.41 Å². The Balaban J connectivity index is 2.02. The highest BCUT2D eigenvalue weighted by Crippen LogP contribution is 2.47. The van der Waals surface area contributed by atoms with Gasteiger partial charge in [-0.25, -0.2) is 0 Å². The summed E-state index contributed by atoms with van der Waals surface area (Å²) in [6, 6.07) is 17.2. The molecule has 1 aliphatic rings. The molecule has 0 spiro atoms. The first kappa shape index (κ1) is 15.0. The molecular weight excluding hydrogens is 272 g/mol. The molecule has 1 saturated carbocycles. The highest BCUT2D eigenvalue weighted by molar-refractivity contribution is 5.45. The highest BCUT2D eigenvalue weighted by atomic mass is 16.5. The van der Waals surface area contributed by atoms with E-state index < -0.39 is 0 Å². The van der Waals surface area contributed by atoms with Crippen molar-refractivity contribution in [3.05, 3.63) is 59.7 Å². The first-order valence-corrected chi connectivity index (χ1v) is 8.16. The van der Waals surface area contributed by atoms with Crippen molar-refractivity contribution >= 4 is 0 Å². The van der Waals surface area contributed by atoms with Gasteiger partial charge in [0.05, 0.1) is 13.7 Å². The van der Waals surface area contributed by atoms with Gasteiger partial charge >= 0.3 is 0 Å². The maximum atomic E-state index is 5.70. The van der Waals surface area contributed by atoms with Gasteiger partial charge in [-0.2, -0.15) is 0 Å². The minimum atomic E-state index is 0.124. The van der Waals surface area contributed by atoms with Crippen molar-refractivity contribution in [2.75, 3.05) is 13.7 Å². The van der Waals surface area contributed by atoms with Crippen molar-refractivity contribution in [2.45, 2.75) is 38.0 Å². The van der Waals surface area contributed by atoms with Crippen molar-refractivity contribution in [1.29, 1.82) is 0 Å². The quantitative estimate of drug-likeness (QED) is 0.777. The number of rotatable bonds is 5. The molecule has 0 bridgehead atoms. The Morgan fingerprint density at radius 2 is 1.64 bits per heavy atom. The fourth-order valence-electron chi connectivity index (χ4n) is 3.68. The van der Waals surface area contributed by atoms with Gasteiger partial charge in [-0.3, -0.25) is 0 Å². The number of benzene rings is 2.